The highest BCUT2D eigenvalue weighted by molar-refractivity contribution is 8.24. The van der Waals surface area contributed by atoms with Gasteiger partial charge in [0.15, 0.2) is 0 Å². The van der Waals surface area contributed by atoms with Crippen molar-refractivity contribution < 1.29 is 19.0 Å². The van der Waals surface area contributed by atoms with Crippen LogP contribution < -0.4 is 14.2 Å². The second kappa shape index (κ2) is 9.98. The van der Waals surface area contributed by atoms with E-state index in [1.807, 2.05) is 56.3 Å². The number of amides is 1. The van der Waals surface area contributed by atoms with Gasteiger partial charge >= 0.3 is 0 Å². The highest BCUT2D eigenvalue weighted by Gasteiger charge is 2.37. The number of carbonyl (C=O) groups excluding carboxylic acids is 1. The van der Waals surface area contributed by atoms with Crippen molar-refractivity contribution in [1.29, 1.82) is 0 Å². The lowest BCUT2D eigenvalue weighted by molar-refractivity contribution is -0.126. The van der Waals surface area contributed by atoms with Gasteiger partial charge in [-0.25, -0.2) is 0 Å². The number of thiocarbonyl (C=S) groups is 1. The van der Waals surface area contributed by atoms with Crippen molar-refractivity contribution in [3.63, 3.8) is 0 Å². The maximum atomic E-state index is 13.0. The lowest BCUT2D eigenvalue weighted by atomic mass is 10.1. The maximum absolute atomic E-state index is 13.0. The highest BCUT2D eigenvalue weighted by atomic mass is 32.2. The molecule has 1 fully saturated rings. The number of benzene rings is 2. The zero-order valence-corrected chi connectivity index (χ0v) is 18.5. The Morgan fingerprint density at radius 3 is 2.38 bits per heavy atom. The van der Waals surface area contributed by atoms with Gasteiger partial charge in [-0.05, 0) is 49.6 Å². The molecule has 1 amide bonds. The van der Waals surface area contributed by atoms with E-state index in [0.29, 0.717) is 30.5 Å². The van der Waals surface area contributed by atoms with Gasteiger partial charge in [-0.3, -0.25) is 9.69 Å². The number of carbonyl (C=O) groups is 1. The third-order valence-electron chi connectivity index (χ3n) is 4.56. The van der Waals surface area contributed by atoms with Crippen molar-refractivity contribution in [2.24, 2.45) is 0 Å². The Bertz CT molecular complexity index is 870. The van der Waals surface area contributed by atoms with E-state index in [4.69, 9.17) is 26.4 Å². The Hall–Kier alpha value is -2.25. The minimum atomic E-state index is -0.252. The van der Waals surface area contributed by atoms with Crippen LogP contribution in [0.3, 0.4) is 0 Å². The van der Waals surface area contributed by atoms with Gasteiger partial charge in [0.2, 0.25) is 5.91 Å². The molecule has 0 aromatic heterocycles. The predicted octanol–water partition coefficient (Wildman–Crippen LogP) is 4.46. The molecule has 0 radical (unpaired) electrons. The normalized spacial score (nSPS) is 16.2. The predicted molar refractivity (Wildman–Crippen MR) is 120 cm³/mol. The molecule has 1 aliphatic rings. The Balaban J connectivity index is 1.72. The summed E-state index contributed by atoms with van der Waals surface area (Å²) in [5.41, 5.74) is 1.99. The van der Waals surface area contributed by atoms with Crippen LogP contribution in [0.1, 0.15) is 25.0 Å². The topological polar surface area (TPSA) is 48.0 Å². The largest absolute Gasteiger partial charge is 0.497 e. The van der Waals surface area contributed by atoms with Gasteiger partial charge < -0.3 is 14.2 Å². The van der Waals surface area contributed by atoms with E-state index in [1.54, 1.807) is 12.0 Å². The average Bonchev–Trinajstić information content (AvgIpc) is 2.98. The van der Waals surface area contributed by atoms with E-state index in [2.05, 4.69) is 0 Å². The first-order chi connectivity index (χ1) is 14.0. The average molecular weight is 432 g/mol. The Kier molecular flexibility index (Phi) is 7.39. The number of hydrogen-bond acceptors (Lipinski definition) is 6. The summed E-state index contributed by atoms with van der Waals surface area (Å²) >= 11 is 6.93. The summed E-state index contributed by atoms with van der Waals surface area (Å²) in [6.45, 7) is 5.50. The molecule has 0 spiro atoms. The number of nitrogens with zero attached hydrogens (tertiary/aromatic N) is 1. The number of methoxy groups -OCH3 is 1. The van der Waals surface area contributed by atoms with Crippen molar-refractivity contribution in [2.45, 2.75) is 32.1 Å². The molecule has 0 bridgehead atoms. The zero-order valence-electron chi connectivity index (χ0n) is 16.8. The minimum Gasteiger partial charge on any atom is -0.497 e. The van der Waals surface area contributed by atoms with Crippen LogP contribution in [-0.2, 0) is 17.8 Å². The molecule has 0 aliphatic carbocycles. The molecule has 0 N–H and O–H groups in total. The van der Waals surface area contributed by atoms with E-state index < -0.39 is 0 Å². The third kappa shape index (κ3) is 5.22. The van der Waals surface area contributed by atoms with Crippen LogP contribution >= 0.6 is 24.0 Å². The van der Waals surface area contributed by atoms with Crippen molar-refractivity contribution in [2.75, 3.05) is 20.3 Å². The van der Waals surface area contributed by atoms with Gasteiger partial charge in [0, 0.05) is 6.07 Å². The van der Waals surface area contributed by atoms with Crippen LogP contribution in [0.15, 0.2) is 42.5 Å². The molecule has 5 nitrogen and oxygen atoms in total. The number of hydrogen-bond donors (Lipinski definition) is 0. The molecule has 1 saturated heterocycles. The Labute approximate surface area is 181 Å². The molecule has 7 heteroatoms. The monoisotopic (exact) mass is 431 g/mol. The van der Waals surface area contributed by atoms with Crippen molar-refractivity contribution in [3.8, 4) is 17.2 Å². The van der Waals surface area contributed by atoms with E-state index in [-0.39, 0.29) is 11.2 Å². The molecule has 2 aromatic carbocycles. The zero-order chi connectivity index (χ0) is 20.8. The van der Waals surface area contributed by atoms with Crippen LogP contribution in [-0.4, -0.2) is 40.7 Å². The molecule has 1 heterocycles. The van der Waals surface area contributed by atoms with Gasteiger partial charge in [-0.15, -0.1) is 0 Å². The summed E-state index contributed by atoms with van der Waals surface area (Å²) in [6, 6.07) is 13.5. The Morgan fingerprint density at radius 2 is 1.72 bits per heavy atom. The SMILES string of the molecule is CCOc1ccc(C[C@H]2SC(=S)N(Cc3ccc(OC)cc3)C2=O)c(OCC)c1. The lowest BCUT2D eigenvalue weighted by Gasteiger charge is -2.17. The molecule has 0 saturated carbocycles. The number of rotatable bonds is 9. The smallest absolute Gasteiger partial charge is 0.242 e. The van der Waals surface area contributed by atoms with Crippen molar-refractivity contribution in [1.82, 2.24) is 4.90 Å². The molecule has 154 valence electrons. The first-order valence-corrected chi connectivity index (χ1v) is 10.9. The number of thioether (sulfide) groups is 1. The minimum absolute atomic E-state index is 0.0344. The van der Waals surface area contributed by atoms with Crippen molar-refractivity contribution in [3.05, 3.63) is 53.6 Å². The van der Waals surface area contributed by atoms with Crippen LogP contribution in [0.2, 0.25) is 0 Å². The Morgan fingerprint density at radius 1 is 1.03 bits per heavy atom. The quantitative estimate of drug-likeness (QED) is 0.546. The molecular weight excluding hydrogens is 406 g/mol. The first kappa shape index (κ1) is 21.5. The maximum Gasteiger partial charge on any atom is 0.242 e. The van der Waals surface area contributed by atoms with Crippen LogP contribution in [0.4, 0.5) is 0 Å². The standard InChI is InChI=1S/C22H25NO4S2/c1-4-26-18-11-8-16(19(13-18)27-5-2)12-20-21(24)23(22(28)29-20)14-15-6-9-17(25-3)10-7-15/h6-11,13,20H,4-5,12,14H2,1-3H3/t20-/m1/s1. The second-order valence-electron chi connectivity index (χ2n) is 6.48. The van der Waals surface area contributed by atoms with Crippen LogP contribution in [0.5, 0.6) is 17.2 Å². The van der Waals surface area contributed by atoms with E-state index >= 15 is 0 Å². The summed E-state index contributed by atoms with van der Waals surface area (Å²) < 4.78 is 17.1. The van der Waals surface area contributed by atoms with Crippen molar-refractivity contribution >= 4 is 34.2 Å². The summed E-state index contributed by atoms with van der Waals surface area (Å²) in [7, 11) is 1.63. The number of ether oxygens (including phenoxy) is 3. The van der Waals surface area contributed by atoms with E-state index in [1.165, 1.54) is 11.8 Å². The fourth-order valence-electron chi connectivity index (χ4n) is 3.13. The van der Waals surface area contributed by atoms with Gasteiger partial charge in [-0.1, -0.05) is 42.2 Å². The van der Waals surface area contributed by atoms with Crippen LogP contribution in [0, 0.1) is 0 Å². The third-order valence-corrected chi connectivity index (χ3v) is 6.14. The fourth-order valence-corrected chi connectivity index (χ4v) is 4.65. The summed E-state index contributed by atoms with van der Waals surface area (Å²) in [5.74, 6) is 2.34. The summed E-state index contributed by atoms with van der Waals surface area (Å²) in [4.78, 5) is 14.7. The molecule has 1 atom stereocenters. The molecule has 1 aliphatic heterocycles. The van der Waals surface area contributed by atoms with E-state index in [0.717, 1.165) is 28.4 Å². The van der Waals surface area contributed by atoms with Crippen LogP contribution in [0.25, 0.3) is 0 Å². The molecule has 29 heavy (non-hydrogen) atoms. The van der Waals surface area contributed by atoms with Gasteiger partial charge in [-0.2, -0.15) is 0 Å². The van der Waals surface area contributed by atoms with Gasteiger partial charge in [0.25, 0.3) is 0 Å². The lowest BCUT2D eigenvalue weighted by Crippen LogP contribution is -2.31. The second-order valence-corrected chi connectivity index (χ2v) is 8.32. The highest BCUT2D eigenvalue weighted by Crippen LogP contribution is 2.34. The molecule has 3 rings (SSSR count). The molecular formula is C22H25NO4S2. The van der Waals surface area contributed by atoms with Gasteiger partial charge in [0.1, 0.15) is 21.6 Å². The first-order valence-electron chi connectivity index (χ1n) is 9.59. The van der Waals surface area contributed by atoms with Gasteiger partial charge in [0.05, 0.1) is 32.1 Å². The fraction of sp³-hybridized carbons (Fsp3) is 0.364. The summed E-state index contributed by atoms with van der Waals surface area (Å²) in [6.07, 6.45) is 0.560. The molecule has 0 unspecified atom stereocenters. The molecule has 2 aromatic rings. The summed E-state index contributed by atoms with van der Waals surface area (Å²) in [5, 5.41) is -0.252. The van der Waals surface area contributed by atoms with E-state index in [9.17, 15) is 4.79 Å².